The van der Waals surface area contributed by atoms with Crippen molar-refractivity contribution in [2.75, 3.05) is 0 Å². The first-order valence-electron chi connectivity index (χ1n) is 9.02. The third-order valence-electron chi connectivity index (χ3n) is 5.53. The number of hydrogen-bond acceptors (Lipinski definition) is 6. The lowest BCUT2D eigenvalue weighted by Gasteiger charge is -2.39. The Morgan fingerprint density at radius 1 is 0.794 bits per heavy atom. The summed E-state index contributed by atoms with van der Waals surface area (Å²) in [6.45, 7) is 0. The van der Waals surface area contributed by atoms with Gasteiger partial charge in [0, 0.05) is 5.56 Å². The minimum Gasteiger partial charge on any atom is -0.505 e. The molecule has 3 aromatic carbocycles. The fraction of sp³-hybridized carbons (Fsp3) is 0.0476. The lowest BCUT2D eigenvalue weighted by Crippen LogP contribution is -2.34. The molecule has 0 fully saturated rings. The van der Waals surface area contributed by atoms with Gasteiger partial charge in [0.1, 0.15) is 20.1 Å². The number of phenolic OH excluding ortho intramolecular Hbond substituents is 2. The van der Waals surface area contributed by atoms with Crippen LogP contribution in [-0.2, 0) is 10.3 Å². The van der Waals surface area contributed by atoms with E-state index in [1.165, 1.54) is 18.2 Å². The number of aromatic carboxylic acids is 1. The van der Waals surface area contributed by atoms with Crippen molar-refractivity contribution in [1.29, 1.82) is 0 Å². The second-order valence-corrected chi connectivity index (χ2v) is 9.50. The molecular formula is C21H6Cl6O7. The van der Waals surface area contributed by atoms with E-state index in [1.807, 2.05) is 0 Å². The number of benzene rings is 3. The Hall–Kier alpha value is -2.26. The van der Waals surface area contributed by atoms with Crippen LogP contribution in [0, 0.1) is 0 Å². The highest BCUT2D eigenvalue weighted by Crippen LogP contribution is 2.66. The van der Waals surface area contributed by atoms with Gasteiger partial charge in [0.25, 0.3) is 0 Å². The largest absolute Gasteiger partial charge is 0.505 e. The van der Waals surface area contributed by atoms with E-state index < -0.39 is 49.1 Å². The van der Waals surface area contributed by atoms with Gasteiger partial charge >= 0.3 is 11.9 Å². The van der Waals surface area contributed by atoms with Gasteiger partial charge in [-0.3, -0.25) is 0 Å². The summed E-state index contributed by atoms with van der Waals surface area (Å²) in [6, 6.07) is 3.64. The number of hydrogen-bond donors (Lipinski definition) is 3. The Balaban J connectivity index is 2.06. The van der Waals surface area contributed by atoms with E-state index in [4.69, 9.17) is 79.1 Å². The number of carboxylic acids is 1. The average Bonchev–Trinajstić information content (AvgIpc) is 3.09. The summed E-state index contributed by atoms with van der Waals surface area (Å²) < 4.78 is 11.6. The standard InChI is InChI=1S/C21H6Cl6O7/c22-9-7-17(13(26)15(28)11(9)24)33-18-8(10(23)12(25)16(29)14(18)27)21(7)6-3-4(19(30)31)1-2-5(6)20(32)34-21/h1-3,28-29H,(H,30,31). The first-order chi connectivity index (χ1) is 15.9. The molecule has 3 N–H and O–H groups in total. The van der Waals surface area contributed by atoms with Gasteiger partial charge in [-0.2, -0.15) is 0 Å². The molecule has 0 aliphatic carbocycles. The molecule has 34 heavy (non-hydrogen) atoms. The third kappa shape index (κ3) is 2.80. The van der Waals surface area contributed by atoms with Gasteiger partial charge in [-0.05, 0) is 18.2 Å². The van der Waals surface area contributed by atoms with Gasteiger partial charge in [-0.15, -0.1) is 0 Å². The zero-order valence-electron chi connectivity index (χ0n) is 16.0. The molecule has 0 bridgehead atoms. The van der Waals surface area contributed by atoms with Crippen molar-refractivity contribution >= 4 is 81.5 Å². The fourth-order valence-corrected chi connectivity index (χ4v) is 5.62. The smallest absolute Gasteiger partial charge is 0.340 e. The summed E-state index contributed by atoms with van der Waals surface area (Å²) in [5, 5.41) is 28.0. The van der Waals surface area contributed by atoms with Crippen LogP contribution in [0.25, 0.3) is 0 Å². The molecule has 0 amide bonds. The number of ether oxygens (including phenoxy) is 2. The van der Waals surface area contributed by atoms with Crippen molar-refractivity contribution in [2.24, 2.45) is 0 Å². The van der Waals surface area contributed by atoms with Crippen LogP contribution in [0.3, 0.4) is 0 Å². The highest BCUT2D eigenvalue weighted by molar-refractivity contribution is 6.47. The zero-order valence-corrected chi connectivity index (χ0v) is 20.5. The van der Waals surface area contributed by atoms with E-state index in [2.05, 4.69) is 0 Å². The van der Waals surface area contributed by atoms with Crippen molar-refractivity contribution < 1.29 is 34.4 Å². The van der Waals surface area contributed by atoms with E-state index in [-0.39, 0.29) is 49.4 Å². The van der Waals surface area contributed by atoms with Crippen LogP contribution in [0.1, 0.15) is 37.4 Å². The van der Waals surface area contributed by atoms with Gasteiger partial charge in [-0.1, -0.05) is 69.6 Å². The molecule has 7 nitrogen and oxygen atoms in total. The third-order valence-corrected chi connectivity index (χ3v) is 7.92. The van der Waals surface area contributed by atoms with Gasteiger partial charge in [-0.25, -0.2) is 9.59 Å². The first kappa shape index (κ1) is 23.5. The molecule has 0 radical (unpaired) electrons. The molecule has 2 aliphatic heterocycles. The molecule has 174 valence electrons. The summed E-state index contributed by atoms with van der Waals surface area (Å²) in [7, 11) is 0. The van der Waals surface area contributed by atoms with Crippen molar-refractivity contribution in [2.45, 2.75) is 5.60 Å². The number of carbonyl (C=O) groups is 2. The summed E-state index contributed by atoms with van der Waals surface area (Å²) in [5.74, 6) is -4.10. The number of rotatable bonds is 1. The number of aromatic hydroxyl groups is 2. The zero-order chi connectivity index (χ0) is 24.9. The maximum atomic E-state index is 13.0. The Kier molecular flexibility index (Phi) is 5.26. The van der Waals surface area contributed by atoms with E-state index in [0.717, 1.165) is 0 Å². The number of fused-ring (bicyclic) bond motifs is 6. The molecule has 0 aromatic heterocycles. The second kappa shape index (κ2) is 7.62. The Bertz CT molecular complexity index is 1430. The lowest BCUT2D eigenvalue weighted by atomic mass is 9.77. The minimum absolute atomic E-state index is 0.0114. The molecule has 0 atom stereocenters. The quantitative estimate of drug-likeness (QED) is 0.204. The fourth-order valence-electron chi connectivity index (χ4n) is 4.07. The second-order valence-electron chi connectivity index (χ2n) is 7.23. The predicted molar refractivity (Wildman–Crippen MR) is 125 cm³/mol. The van der Waals surface area contributed by atoms with Crippen molar-refractivity contribution in [3.63, 3.8) is 0 Å². The molecule has 1 spiro atoms. The molecule has 0 saturated carbocycles. The summed E-state index contributed by atoms with van der Waals surface area (Å²) >= 11 is 38.0. The highest BCUT2D eigenvalue weighted by Gasteiger charge is 2.58. The van der Waals surface area contributed by atoms with Crippen LogP contribution in [-0.4, -0.2) is 27.3 Å². The number of carbonyl (C=O) groups excluding carboxylic acids is 1. The van der Waals surface area contributed by atoms with Crippen LogP contribution in [0.2, 0.25) is 30.1 Å². The van der Waals surface area contributed by atoms with Gasteiger partial charge in [0.2, 0.25) is 0 Å². The van der Waals surface area contributed by atoms with Gasteiger partial charge in [0.05, 0.1) is 32.3 Å². The molecule has 2 aliphatic rings. The van der Waals surface area contributed by atoms with Crippen molar-refractivity contribution in [3.8, 4) is 23.0 Å². The van der Waals surface area contributed by atoms with Crippen LogP contribution in [0.15, 0.2) is 18.2 Å². The Morgan fingerprint density at radius 2 is 1.29 bits per heavy atom. The maximum absolute atomic E-state index is 13.0. The first-order valence-corrected chi connectivity index (χ1v) is 11.3. The number of carboxylic acid groups (broad SMARTS) is 1. The van der Waals surface area contributed by atoms with Gasteiger partial charge in [0.15, 0.2) is 28.6 Å². The lowest BCUT2D eigenvalue weighted by molar-refractivity contribution is 0.0225. The highest BCUT2D eigenvalue weighted by atomic mass is 35.5. The summed E-state index contributed by atoms with van der Waals surface area (Å²) in [5.41, 5.74) is -2.69. The Morgan fingerprint density at radius 3 is 1.76 bits per heavy atom. The normalized spacial score (nSPS) is 14.8. The summed E-state index contributed by atoms with van der Waals surface area (Å²) in [6.07, 6.45) is 0. The number of esters is 1. The van der Waals surface area contributed by atoms with Crippen molar-refractivity contribution in [1.82, 2.24) is 0 Å². The topological polar surface area (TPSA) is 113 Å². The van der Waals surface area contributed by atoms with Crippen LogP contribution >= 0.6 is 69.6 Å². The number of halogens is 6. The predicted octanol–water partition coefficient (Wildman–Crippen LogP) is 7.28. The molecule has 3 aromatic rings. The van der Waals surface area contributed by atoms with E-state index in [0.29, 0.717) is 0 Å². The van der Waals surface area contributed by atoms with Crippen LogP contribution in [0.5, 0.6) is 23.0 Å². The molecule has 0 saturated heterocycles. The van der Waals surface area contributed by atoms with E-state index >= 15 is 0 Å². The number of phenols is 2. The van der Waals surface area contributed by atoms with Crippen LogP contribution < -0.4 is 4.74 Å². The van der Waals surface area contributed by atoms with E-state index in [9.17, 15) is 24.9 Å². The average molecular weight is 583 g/mol. The van der Waals surface area contributed by atoms with Crippen LogP contribution in [0.4, 0.5) is 0 Å². The maximum Gasteiger partial charge on any atom is 0.340 e. The SMILES string of the molecule is O=C(O)c1ccc2c(c1)C1(OC2=O)c2c(Cl)c(Cl)c(O)c(Cl)c2Oc2c(Cl)c(O)c(Cl)c(Cl)c21. The Labute approximate surface area is 219 Å². The molecule has 2 heterocycles. The molecule has 0 unspecified atom stereocenters. The van der Waals surface area contributed by atoms with Gasteiger partial charge < -0.3 is 24.8 Å². The minimum atomic E-state index is -2.11. The molecular weight excluding hydrogens is 577 g/mol. The van der Waals surface area contributed by atoms with E-state index in [1.54, 1.807) is 0 Å². The van der Waals surface area contributed by atoms with Crippen molar-refractivity contribution in [3.05, 3.63) is 76.2 Å². The summed E-state index contributed by atoms with van der Waals surface area (Å²) in [4.78, 5) is 24.7. The molecule has 13 heteroatoms. The molecule has 5 rings (SSSR count). The monoisotopic (exact) mass is 580 g/mol.